The van der Waals surface area contributed by atoms with Crippen molar-refractivity contribution in [3.8, 4) is 11.4 Å². The minimum Gasteiger partial charge on any atom is -0.480 e. The van der Waals surface area contributed by atoms with Crippen molar-refractivity contribution >= 4 is 18.4 Å². The Morgan fingerprint density at radius 1 is 1.24 bits per heavy atom. The van der Waals surface area contributed by atoms with Gasteiger partial charge >= 0.3 is 5.97 Å². The maximum Gasteiger partial charge on any atom is 0.320 e. The van der Waals surface area contributed by atoms with Gasteiger partial charge in [0.15, 0.2) is 0 Å². The maximum absolute atomic E-state index is 11.7. The van der Waals surface area contributed by atoms with E-state index in [2.05, 4.69) is 15.0 Å². The molecule has 1 N–H and O–H groups in total. The molecule has 1 saturated carbocycles. The Kier molecular flexibility index (Phi) is 5.39. The van der Waals surface area contributed by atoms with Crippen LogP contribution in [0.1, 0.15) is 38.0 Å². The minimum atomic E-state index is -0.743. The Balaban J connectivity index is 0.00000182. The van der Waals surface area contributed by atoms with Gasteiger partial charge in [-0.05, 0) is 25.2 Å². The number of fused-ring (bicyclic) bond motifs is 1. The summed E-state index contributed by atoms with van der Waals surface area (Å²) in [5.41, 5.74) is 0.902. The largest absolute Gasteiger partial charge is 0.480 e. The van der Waals surface area contributed by atoms with Gasteiger partial charge in [0.25, 0.3) is 0 Å². The van der Waals surface area contributed by atoms with Crippen LogP contribution >= 0.6 is 12.4 Å². The first-order valence-corrected chi connectivity index (χ1v) is 8.59. The third-order valence-electron chi connectivity index (χ3n) is 5.32. The monoisotopic (exact) mass is 363 g/mol. The van der Waals surface area contributed by atoms with Crippen molar-refractivity contribution in [1.29, 1.82) is 0 Å². The smallest absolute Gasteiger partial charge is 0.320 e. The molecular formula is C18H22ClN3O3. The molecule has 0 radical (unpaired) electrons. The summed E-state index contributed by atoms with van der Waals surface area (Å²) in [5.74, 6) is 0.784. The number of hydrogen-bond donors (Lipinski definition) is 1. The van der Waals surface area contributed by atoms with Crippen LogP contribution in [-0.4, -0.2) is 38.2 Å². The van der Waals surface area contributed by atoms with E-state index < -0.39 is 12.0 Å². The lowest BCUT2D eigenvalue weighted by Gasteiger charge is -2.31. The highest BCUT2D eigenvalue weighted by atomic mass is 35.5. The van der Waals surface area contributed by atoms with Crippen molar-refractivity contribution in [2.75, 3.05) is 0 Å². The number of carboxylic acids is 1. The van der Waals surface area contributed by atoms with E-state index >= 15 is 0 Å². The summed E-state index contributed by atoms with van der Waals surface area (Å²) in [7, 11) is 0. The second kappa shape index (κ2) is 7.54. The number of hydrogen-bond acceptors (Lipinski definition) is 5. The highest BCUT2D eigenvalue weighted by molar-refractivity contribution is 5.85. The predicted octanol–water partition coefficient (Wildman–Crippen LogP) is 3.38. The van der Waals surface area contributed by atoms with Crippen LogP contribution in [0, 0.1) is 5.92 Å². The molecule has 2 fully saturated rings. The van der Waals surface area contributed by atoms with Crippen LogP contribution in [0.4, 0.5) is 0 Å². The lowest BCUT2D eigenvalue weighted by atomic mass is 9.85. The molecule has 1 aromatic carbocycles. The molecule has 3 atom stereocenters. The molecule has 3 unspecified atom stereocenters. The Bertz CT molecular complexity index is 721. The van der Waals surface area contributed by atoms with Gasteiger partial charge < -0.3 is 9.63 Å². The average Bonchev–Trinajstić information content (AvgIpc) is 3.21. The minimum absolute atomic E-state index is 0. The molecule has 2 aromatic rings. The Morgan fingerprint density at radius 3 is 2.76 bits per heavy atom. The van der Waals surface area contributed by atoms with Crippen molar-refractivity contribution in [2.24, 2.45) is 5.92 Å². The van der Waals surface area contributed by atoms with Gasteiger partial charge in [0.2, 0.25) is 11.7 Å². The van der Waals surface area contributed by atoms with E-state index in [1.54, 1.807) is 0 Å². The Hall–Kier alpha value is -1.92. The molecule has 6 nitrogen and oxygen atoms in total. The van der Waals surface area contributed by atoms with Crippen molar-refractivity contribution in [1.82, 2.24) is 15.0 Å². The van der Waals surface area contributed by atoms with Crippen LogP contribution in [0.3, 0.4) is 0 Å². The zero-order chi connectivity index (χ0) is 16.5. The van der Waals surface area contributed by atoms with Crippen LogP contribution in [0.5, 0.6) is 0 Å². The molecule has 1 aliphatic carbocycles. The number of halogens is 1. The highest BCUT2D eigenvalue weighted by Gasteiger charge is 2.45. The lowest BCUT2D eigenvalue weighted by molar-refractivity contribution is -0.143. The standard InChI is InChI=1S/C18H21N3O3.ClH/c22-18(23)15-10-13-8-4-5-9-14(13)21(15)11-16-19-17(20-24-16)12-6-2-1-3-7-12;/h1-3,6-7,13-15H,4-5,8-11H2,(H,22,23);1H. The fourth-order valence-electron chi connectivity index (χ4n) is 4.20. The summed E-state index contributed by atoms with van der Waals surface area (Å²) in [5, 5.41) is 13.6. The zero-order valence-electron chi connectivity index (χ0n) is 13.9. The van der Waals surface area contributed by atoms with Gasteiger partial charge in [0.1, 0.15) is 6.04 Å². The van der Waals surface area contributed by atoms with Crippen molar-refractivity contribution in [3.05, 3.63) is 36.2 Å². The molecule has 1 saturated heterocycles. The number of carboxylic acid groups (broad SMARTS) is 1. The average molecular weight is 364 g/mol. The number of benzene rings is 1. The molecule has 0 spiro atoms. The van der Waals surface area contributed by atoms with Gasteiger partial charge in [-0.2, -0.15) is 4.98 Å². The summed E-state index contributed by atoms with van der Waals surface area (Å²) in [6.45, 7) is 0.415. The number of aliphatic carboxylic acids is 1. The zero-order valence-corrected chi connectivity index (χ0v) is 14.7. The molecule has 25 heavy (non-hydrogen) atoms. The quantitative estimate of drug-likeness (QED) is 0.897. The van der Waals surface area contributed by atoms with Gasteiger partial charge in [-0.1, -0.05) is 48.3 Å². The fraction of sp³-hybridized carbons (Fsp3) is 0.500. The molecular weight excluding hydrogens is 342 g/mol. The summed E-state index contributed by atoms with van der Waals surface area (Å²) in [6.07, 6.45) is 5.31. The van der Waals surface area contributed by atoms with Crippen molar-refractivity contribution in [3.63, 3.8) is 0 Å². The molecule has 1 aromatic heterocycles. The SMILES string of the molecule is Cl.O=C(O)C1CC2CCCCC2N1Cc1nc(-c2ccccc2)no1. The maximum atomic E-state index is 11.7. The highest BCUT2D eigenvalue weighted by Crippen LogP contribution is 2.40. The van der Waals surface area contributed by atoms with Crippen molar-refractivity contribution < 1.29 is 14.4 Å². The molecule has 7 heteroatoms. The third kappa shape index (κ3) is 3.55. The van der Waals surface area contributed by atoms with Gasteiger partial charge in [-0.25, -0.2) is 0 Å². The predicted molar refractivity (Wildman–Crippen MR) is 94.3 cm³/mol. The third-order valence-corrected chi connectivity index (χ3v) is 5.32. The van der Waals surface area contributed by atoms with Crippen LogP contribution in [0.25, 0.3) is 11.4 Å². The number of carbonyl (C=O) groups is 1. The number of aromatic nitrogens is 2. The summed E-state index contributed by atoms with van der Waals surface area (Å²) in [4.78, 5) is 18.2. The van der Waals surface area contributed by atoms with Crippen LogP contribution in [0.2, 0.25) is 0 Å². The van der Waals surface area contributed by atoms with E-state index in [0.29, 0.717) is 30.2 Å². The van der Waals surface area contributed by atoms with Gasteiger partial charge in [0, 0.05) is 11.6 Å². The molecule has 0 bridgehead atoms. The number of rotatable bonds is 4. The van der Waals surface area contributed by atoms with E-state index in [1.807, 2.05) is 30.3 Å². The van der Waals surface area contributed by atoms with Crippen LogP contribution < -0.4 is 0 Å². The second-order valence-corrected chi connectivity index (χ2v) is 6.75. The summed E-state index contributed by atoms with van der Waals surface area (Å²) >= 11 is 0. The topological polar surface area (TPSA) is 79.5 Å². The molecule has 2 aliphatic rings. The molecule has 4 rings (SSSR count). The summed E-state index contributed by atoms with van der Waals surface area (Å²) in [6, 6.07) is 9.55. The van der Waals surface area contributed by atoms with E-state index in [9.17, 15) is 9.90 Å². The lowest BCUT2D eigenvalue weighted by Crippen LogP contribution is -2.41. The first-order valence-electron chi connectivity index (χ1n) is 8.59. The van der Waals surface area contributed by atoms with Crippen LogP contribution in [-0.2, 0) is 11.3 Å². The summed E-state index contributed by atoms with van der Waals surface area (Å²) < 4.78 is 5.39. The number of likely N-dealkylation sites (tertiary alicyclic amines) is 1. The van der Waals surface area contributed by atoms with Gasteiger partial charge in [0.05, 0.1) is 6.54 Å². The molecule has 134 valence electrons. The Labute approximate surface area is 152 Å². The van der Waals surface area contributed by atoms with Gasteiger partial charge in [-0.15, -0.1) is 12.4 Å². The Morgan fingerprint density at radius 2 is 2.00 bits per heavy atom. The van der Waals surface area contributed by atoms with E-state index in [1.165, 1.54) is 12.8 Å². The van der Waals surface area contributed by atoms with Crippen LogP contribution in [0.15, 0.2) is 34.9 Å². The first-order chi connectivity index (χ1) is 11.7. The fourth-order valence-corrected chi connectivity index (χ4v) is 4.20. The van der Waals surface area contributed by atoms with Gasteiger partial charge in [-0.3, -0.25) is 9.69 Å². The van der Waals surface area contributed by atoms with Crippen molar-refractivity contribution in [2.45, 2.75) is 50.7 Å². The number of nitrogens with zero attached hydrogens (tertiary/aromatic N) is 3. The molecule has 0 amide bonds. The van der Waals surface area contributed by atoms with E-state index in [4.69, 9.17) is 4.52 Å². The second-order valence-electron chi connectivity index (χ2n) is 6.75. The normalized spacial score (nSPS) is 26.0. The molecule has 1 aliphatic heterocycles. The molecule has 2 heterocycles. The first kappa shape index (κ1) is 17.9. The van der Waals surface area contributed by atoms with E-state index in [0.717, 1.165) is 24.8 Å². The van der Waals surface area contributed by atoms with E-state index in [-0.39, 0.29) is 12.4 Å².